The lowest BCUT2D eigenvalue weighted by atomic mass is 9.97. The molecule has 4 rings (SSSR count). The maximum atomic E-state index is 13.7. The van der Waals surface area contributed by atoms with Crippen molar-refractivity contribution in [2.75, 3.05) is 10.6 Å². The van der Waals surface area contributed by atoms with Crippen molar-refractivity contribution >= 4 is 33.5 Å². The Hall–Kier alpha value is -2.88. The number of fused-ring (bicyclic) bond motifs is 1. The van der Waals surface area contributed by atoms with E-state index in [-0.39, 0.29) is 23.8 Å². The van der Waals surface area contributed by atoms with Crippen molar-refractivity contribution in [3.63, 3.8) is 0 Å². The number of nitrogens with zero attached hydrogens (tertiary/aromatic N) is 3. The van der Waals surface area contributed by atoms with E-state index in [4.69, 9.17) is 0 Å². The highest BCUT2D eigenvalue weighted by molar-refractivity contribution is 9.10. The maximum absolute atomic E-state index is 13.7. The van der Waals surface area contributed by atoms with Crippen molar-refractivity contribution in [3.05, 3.63) is 70.5 Å². The summed E-state index contributed by atoms with van der Waals surface area (Å²) in [7, 11) is 0. The molecule has 0 fully saturated rings. The fourth-order valence-electron chi connectivity index (χ4n) is 3.22. The van der Waals surface area contributed by atoms with Crippen LogP contribution < -0.4 is 10.6 Å². The largest absolute Gasteiger partial charge is 0.410 e. The fourth-order valence-corrected chi connectivity index (χ4v) is 3.45. The summed E-state index contributed by atoms with van der Waals surface area (Å²) in [5, 5.41) is 9.52. The number of amides is 1. The van der Waals surface area contributed by atoms with Crippen LogP contribution in [0.3, 0.4) is 0 Å². The van der Waals surface area contributed by atoms with Gasteiger partial charge in [0.2, 0.25) is 0 Å². The average Bonchev–Trinajstić information content (AvgIpc) is 3.13. The van der Waals surface area contributed by atoms with Crippen LogP contribution in [0.4, 0.5) is 24.8 Å². The lowest BCUT2D eigenvalue weighted by Crippen LogP contribution is -2.35. The zero-order chi connectivity index (χ0) is 20.6. The number of pyridine rings is 1. The van der Waals surface area contributed by atoms with Crippen molar-refractivity contribution < 1.29 is 18.0 Å². The van der Waals surface area contributed by atoms with Crippen molar-refractivity contribution in [1.29, 1.82) is 0 Å². The molecule has 0 spiro atoms. The molecule has 1 amide bonds. The maximum Gasteiger partial charge on any atom is 0.410 e. The molecule has 10 heteroatoms. The first-order valence-electron chi connectivity index (χ1n) is 8.72. The van der Waals surface area contributed by atoms with Gasteiger partial charge in [-0.25, -0.2) is 9.67 Å². The van der Waals surface area contributed by atoms with Gasteiger partial charge in [-0.05, 0) is 33.6 Å². The minimum Gasteiger partial charge on any atom is -0.363 e. The van der Waals surface area contributed by atoms with Gasteiger partial charge in [0.25, 0.3) is 5.91 Å². The number of halogens is 4. The number of nitrogens with one attached hydrogen (secondary N) is 2. The average molecular weight is 466 g/mol. The summed E-state index contributed by atoms with van der Waals surface area (Å²) in [6.07, 6.45) is -3.23. The van der Waals surface area contributed by atoms with Gasteiger partial charge >= 0.3 is 6.18 Å². The molecule has 0 saturated heterocycles. The minimum absolute atomic E-state index is 0.125. The molecule has 0 radical (unpaired) electrons. The molecule has 2 unspecified atom stereocenters. The third-order valence-corrected chi connectivity index (χ3v) is 5.06. The quantitative estimate of drug-likeness (QED) is 0.573. The lowest BCUT2D eigenvalue weighted by Gasteiger charge is -2.33. The number of benzene rings is 1. The Bertz CT molecular complexity index is 1020. The molecule has 3 aromatic rings. The molecule has 2 aromatic heterocycles. The van der Waals surface area contributed by atoms with E-state index in [2.05, 4.69) is 36.6 Å². The van der Waals surface area contributed by atoms with Crippen LogP contribution in [0.15, 0.2) is 59.2 Å². The normalized spacial score (nSPS) is 18.6. The second kappa shape index (κ2) is 7.51. The predicted octanol–water partition coefficient (Wildman–Crippen LogP) is 4.95. The SMILES string of the molecule is O=C(Nc1ccc(Br)cn1)c1cc2n(n1)C(C(F)(F)F)CC(c1ccccc1)N2. The van der Waals surface area contributed by atoms with Crippen LogP contribution in [0, 0.1) is 0 Å². The number of hydrogen-bond acceptors (Lipinski definition) is 4. The predicted molar refractivity (Wildman–Crippen MR) is 105 cm³/mol. The van der Waals surface area contributed by atoms with E-state index in [0.29, 0.717) is 0 Å². The number of carbonyl (C=O) groups excluding carboxylic acids is 1. The van der Waals surface area contributed by atoms with Gasteiger partial charge in [0.05, 0.1) is 6.04 Å². The zero-order valence-electron chi connectivity index (χ0n) is 14.8. The molecule has 2 atom stereocenters. The van der Waals surface area contributed by atoms with Gasteiger partial charge in [-0.3, -0.25) is 4.79 Å². The summed E-state index contributed by atoms with van der Waals surface area (Å²) in [6.45, 7) is 0. The first-order chi connectivity index (χ1) is 13.8. The Morgan fingerprint density at radius 1 is 1.21 bits per heavy atom. The molecule has 1 aliphatic heterocycles. The standard InChI is InChI=1S/C19H15BrF3N5O/c20-12-6-7-16(24-10-12)26-18(29)14-9-17-25-13(11-4-2-1-3-5-11)8-15(19(21,22)23)28(17)27-14/h1-7,9-10,13,15,25H,8H2,(H,24,26,29). The fraction of sp³-hybridized carbons (Fsp3) is 0.211. The zero-order valence-corrected chi connectivity index (χ0v) is 16.4. The Kier molecular flexibility index (Phi) is 5.03. The van der Waals surface area contributed by atoms with Gasteiger partial charge in [0, 0.05) is 23.2 Å². The van der Waals surface area contributed by atoms with Gasteiger partial charge in [-0.2, -0.15) is 18.3 Å². The van der Waals surface area contributed by atoms with E-state index in [0.717, 1.165) is 14.7 Å². The van der Waals surface area contributed by atoms with Gasteiger partial charge in [-0.1, -0.05) is 30.3 Å². The number of alkyl halides is 3. The summed E-state index contributed by atoms with van der Waals surface area (Å²) in [5.74, 6) is -0.228. The summed E-state index contributed by atoms with van der Waals surface area (Å²) in [4.78, 5) is 16.5. The molecule has 0 bridgehead atoms. The summed E-state index contributed by atoms with van der Waals surface area (Å²) >= 11 is 3.24. The van der Waals surface area contributed by atoms with E-state index < -0.39 is 24.2 Å². The van der Waals surface area contributed by atoms with E-state index in [9.17, 15) is 18.0 Å². The molecule has 6 nitrogen and oxygen atoms in total. The molecule has 0 saturated carbocycles. The van der Waals surface area contributed by atoms with Crippen molar-refractivity contribution in [3.8, 4) is 0 Å². The molecule has 3 heterocycles. The van der Waals surface area contributed by atoms with E-state index in [1.807, 2.05) is 0 Å². The Balaban J connectivity index is 1.63. The number of carbonyl (C=O) groups is 1. The van der Waals surface area contributed by atoms with Crippen LogP contribution in [0.1, 0.15) is 34.6 Å². The van der Waals surface area contributed by atoms with Gasteiger partial charge in [0.15, 0.2) is 11.7 Å². The van der Waals surface area contributed by atoms with Gasteiger partial charge in [-0.15, -0.1) is 0 Å². The molecule has 2 N–H and O–H groups in total. The first-order valence-corrected chi connectivity index (χ1v) is 9.51. The summed E-state index contributed by atoms with van der Waals surface area (Å²) in [6, 6.07) is 11.1. The molecule has 0 aliphatic carbocycles. The minimum atomic E-state index is -4.50. The molecular formula is C19H15BrF3N5O. The van der Waals surface area contributed by atoms with Crippen LogP contribution in [0.2, 0.25) is 0 Å². The van der Waals surface area contributed by atoms with Crippen LogP contribution in [-0.4, -0.2) is 26.8 Å². The van der Waals surface area contributed by atoms with Gasteiger partial charge in [0.1, 0.15) is 11.6 Å². The molecular weight excluding hydrogens is 451 g/mol. The second-order valence-electron chi connectivity index (χ2n) is 6.58. The van der Waals surface area contributed by atoms with Crippen LogP contribution in [-0.2, 0) is 0 Å². The number of rotatable bonds is 3. The molecule has 150 valence electrons. The third kappa shape index (κ3) is 4.12. The van der Waals surface area contributed by atoms with Gasteiger partial charge < -0.3 is 10.6 Å². The number of hydrogen-bond donors (Lipinski definition) is 2. The topological polar surface area (TPSA) is 71.8 Å². The summed E-state index contributed by atoms with van der Waals surface area (Å²) in [5.41, 5.74) is 0.611. The van der Waals surface area contributed by atoms with Crippen LogP contribution in [0.5, 0.6) is 0 Å². The van der Waals surface area contributed by atoms with Crippen molar-refractivity contribution in [2.24, 2.45) is 0 Å². The Morgan fingerprint density at radius 2 is 1.97 bits per heavy atom. The highest BCUT2D eigenvalue weighted by Crippen LogP contribution is 2.43. The first kappa shape index (κ1) is 19.4. The summed E-state index contributed by atoms with van der Waals surface area (Å²) < 4.78 is 42.7. The second-order valence-corrected chi connectivity index (χ2v) is 7.49. The molecule has 29 heavy (non-hydrogen) atoms. The van der Waals surface area contributed by atoms with E-state index >= 15 is 0 Å². The Labute approximate surface area is 172 Å². The lowest BCUT2D eigenvalue weighted by molar-refractivity contribution is -0.173. The Morgan fingerprint density at radius 3 is 2.62 bits per heavy atom. The van der Waals surface area contributed by atoms with Crippen molar-refractivity contribution in [2.45, 2.75) is 24.7 Å². The third-order valence-electron chi connectivity index (χ3n) is 4.59. The molecule has 1 aromatic carbocycles. The van der Waals surface area contributed by atoms with Crippen LogP contribution in [0.25, 0.3) is 0 Å². The van der Waals surface area contributed by atoms with Crippen LogP contribution >= 0.6 is 15.9 Å². The van der Waals surface area contributed by atoms with E-state index in [1.54, 1.807) is 42.5 Å². The van der Waals surface area contributed by atoms with E-state index in [1.165, 1.54) is 12.3 Å². The monoisotopic (exact) mass is 465 g/mol. The van der Waals surface area contributed by atoms with Crippen molar-refractivity contribution in [1.82, 2.24) is 14.8 Å². The number of aromatic nitrogens is 3. The smallest absolute Gasteiger partial charge is 0.363 e. The highest BCUT2D eigenvalue weighted by Gasteiger charge is 2.46. The highest BCUT2D eigenvalue weighted by atomic mass is 79.9. The molecule has 1 aliphatic rings. The number of anilines is 2.